The number of hydrogen-bond donors (Lipinski definition) is 2. The molecule has 0 spiro atoms. The first-order valence-electron chi connectivity index (χ1n) is 5.33. The first-order chi connectivity index (χ1) is 8.25. The lowest BCUT2D eigenvalue weighted by molar-refractivity contribution is -0.135. The molecule has 2 aliphatic rings. The molecule has 1 saturated heterocycles. The van der Waals surface area contributed by atoms with Gasteiger partial charge in [-0.3, -0.25) is 4.79 Å². The number of ether oxygens (including phenoxy) is 1. The number of nitrogens with one attached hydrogen (secondary N) is 2. The van der Waals surface area contributed by atoms with Crippen molar-refractivity contribution in [2.24, 2.45) is 0 Å². The third kappa shape index (κ3) is 1.56. The highest BCUT2D eigenvalue weighted by Crippen LogP contribution is 2.30. The number of rotatable bonds is 0. The minimum atomic E-state index is -0.415. The van der Waals surface area contributed by atoms with Crippen molar-refractivity contribution >= 4 is 23.3 Å². The molecule has 0 saturated carbocycles. The fraction of sp³-hybridized carbons (Fsp3) is 0.167. The summed E-state index contributed by atoms with van der Waals surface area (Å²) in [6.07, 6.45) is 0.469. The average Bonchev–Trinajstić information content (AvgIpc) is 2.74. The Balaban J connectivity index is 2.05. The Labute approximate surface area is 97.5 Å². The molecule has 2 heterocycles. The molecular weight excluding hydrogens is 220 g/mol. The van der Waals surface area contributed by atoms with Gasteiger partial charge in [0, 0.05) is 6.42 Å². The summed E-state index contributed by atoms with van der Waals surface area (Å²) < 4.78 is 4.84. The minimum Gasteiger partial charge on any atom is -0.462 e. The molecule has 0 aliphatic carbocycles. The lowest BCUT2D eigenvalue weighted by Crippen LogP contribution is -2.27. The summed E-state index contributed by atoms with van der Waals surface area (Å²) in [5.74, 6) is -0.709. The van der Waals surface area contributed by atoms with Gasteiger partial charge >= 0.3 is 5.97 Å². The van der Waals surface area contributed by atoms with E-state index in [2.05, 4.69) is 10.6 Å². The van der Waals surface area contributed by atoms with Crippen molar-refractivity contribution in [3.8, 4) is 0 Å². The van der Waals surface area contributed by atoms with Gasteiger partial charge in [-0.15, -0.1) is 0 Å². The summed E-state index contributed by atoms with van der Waals surface area (Å²) in [7, 11) is 0. The van der Waals surface area contributed by atoms with Crippen molar-refractivity contribution in [1.82, 2.24) is 0 Å². The average molecular weight is 230 g/mol. The first kappa shape index (κ1) is 9.89. The second-order valence-electron chi connectivity index (χ2n) is 3.86. The van der Waals surface area contributed by atoms with Crippen molar-refractivity contribution in [2.45, 2.75) is 6.42 Å². The largest absolute Gasteiger partial charge is 0.462 e. The van der Waals surface area contributed by atoms with Gasteiger partial charge in [0.15, 0.2) is 0 Å². The topological polar surface area (TPSA) is 67.4 Å². The molecule has 2 N–H and O–H groups in total. The summed E-state index contributed by atoms with van der Waals surface area (Å²) >= 11 is 0. The zero-order valence-electron chi connectivity index (χ0n) is 8.95. The molecule has 5 nitrogen and oxygen atoms in total. The molecule has 2 aliphatic heterocycles. The number of cyclic esters (lactones) is 1. The van der Waals surface area contributed by atoms with E-state index < -0.39 is 5.97 Å². The van der Waals surface area contributed by atoms with Gasteiger partial charge in [0.1, 0.15) is 5.70 Å². The molecule has 1 amide bonds. The zero-order chi connectivity index (χ0) is 11.8. The van der Waals surface area contributed by atoms with Gasteiger partial charge in [0.25, 0.3) is 5.91 Å². The fourth-order valence-corrected chi connectivity index (χ4v) is 1.95. The molecule has 0 atom stereocenters. The summed E-state index contributed by atoms with van der Waals surface area (Å²) in [6, 6.07) is 7.34. The summed E-state index contributed by atoms with van der Waals surface area (Å²) in [4.78, 5) is 23.3. The van der Waals surface area contributed by atoms with Gasteiger partial charge in [0.05, 0.1) is 23.6 Å². The van der Waals surface area contributed by atoms with Crippen LogP contribution in [0.2, 0.25) is 0 Å². The fourth-order valence-electron chi connectivity index (χ4n) is 1.95. The highest BCUT2D eigenvalue weighted by atomic mass is 16.5. The Bertz CT molecular complexity index is 548. The Morgan fingerprint density at radius 1 is 1.06 bits per heavy atom. The Morgan fingerprint density at radius 2 is 1.76 bits per heavy atom. The van der Waals surface area contributed by atoms with E-state index in [9.17, 15) is 9.59 Å². The highest BCUT2D eigenvalue weighted by molar-refractivity contribution is 6.15. The smallest absolute Gasteiger partial charge is 0.336 e. The van der Waals surface area contributed by atoms with Crippen LogP contribution in [0, 0.1) is 0 Å². The first-order valence-corrected chi connectivity index (χ1v) is 5.33. The van der Waals surface area contributed by atoms with E-state index in [0.717, 1.165) is 5.69 Å². The normalized spacial score (nSPS) is 22.6. The maximum atomic E-state index is 11.9. The summed E-state index contributed by atoms with van der Waals surface area (Å²) in [5.41, 5.74) is 2.21. The molecule has 0 bridgehead atoms. The number of para-hydroxylation sites is 2. The molecular formula is C12H10N2O3. The Morgan fingerprint density at radius 3 is 2.41 bits per heavy atom. The number of amides is 1. The van der Waals surface area contributed by atoms with Crippen LogP contribution < -0.4 is 10.6 Å². The van der Waals surface area contributed by atoms with Gasteiger partial charge < -0.3 is 15.4 Å². The van der Waals surface area contributed by atoms with Crippen molar-refractivity contribution in [3.63, 3.8) is 0 Å². The van der Waals surface area contributed by atoms with E-state index in [4.69, 9.17) is 4.74 Å². The van der Waals surface area contributed by atoms with Gasteiger partial charge in [-0.1, -0.05) is 12.1 Å². The van der Waals surface area contributed by atoms with Gasteiger partial charge in [-0.2, -0.15) is 0 Å². The van der Waals surface area contributed by atoms with E-state index in [1.54, 1.807) is 6.07 Å². The number of fused-ring (bicyclic) bond motifs is 1. The number of carbonyl (C=O) groups excluding carboxylic acids is 2. The van der Waals surface area contributed by atoms with Crippen molar-refractivity contribution in [3.05, 3.63) is 35.5 Å². The molecule has 0 radical (unpaired) electrons. The monoisotopic (exact) mass is 230 g/mol. The van der Waals surface area contributed by atoms with Crippen molar-refractivity contribution in [1.29, 1.82) is 0 Å². The summed E-state index contributed by atoms with van der Waals surface area (Å²) in [5, 5.41) is 5.73. The van der Waals surface area contributed by atoms with Crippen LogP contribution in [0.5, 0.6) is 0 Å². The van der Waals surface area contributed by atoms with E-state index in [0.29, 0.717) is 30.0 Å². The van der Waals surface area contributed by atoms with Gasteiger partial charge in [-0.25, -0.2) is 4.79 Å². The molecule has 1 fully saturated rings. The van der Waals surface area contributed by atoms with E-state index in [-0.39, 0.29) is 5.91 Å². The van der Waals surface area contributed by atoms with E-state index >= 15 is 0 Å². The predicted molar refractivity (Wildman–Crippen MR) is 61.3 cm³/mol. The lowest BCUT2D eigenvalue weighted by Gasteiger charge is -2.21. The Kier molecular flexibility index (Phi) is 2.11. The quantitative estimate of drug-likeness (QED) is 0.520. The third-order valence-electron chi connectivity index (χ3n) is 2.80. The van der Waals surface area contributed by atoms with Crippen LogP contribution in [-0.4, -0.2) is 18.5 Å². The van der Waals surface area contributed by atoms with Gasteiger partial charge in [0.2, 0.25) is 0 Å². The van der Waals surface area contributed by atoms with Gasteiger partial charge in [-0.05, 0) is 12.1 Å². The SMILES string of the molecule is O=C1Nc2ccccc2NC1=C1CCOC1=O. The highest BCUT2D eigenvalue weighted by Gasteiger charge is 2.29. The van der Waals surface area contributed by atoms with Crippen LogP contribution in [0.25, 0.3) is 0 Å². The third-order valence-corrected chi connectivity index (χ3v) is 2.80. The summed E-state index contributed by atoms with van der Waals surface area (Å²) in [6.45, 7) is 0.342. The Hall–Kier alpha value is -2.30. The number of hydrogen-bond acceptors (Lipinski definition) is 4. The van der Waals surface area contributed by atoms with Crippen LogP contribution in [-0.2, 0) is 14.3 Å². The molecule has 1 aromatic rings. The lowest BCUT2D eigenvalue weighted by atomic mass is 10.1. The zero-order valence-corrected chi connectivity index (χ0v) is 8.95. The van der Waals surface area contributed by atoms with E-state index in [1.165, 1.54) is 0 Å². The van der Waals surface area contributed by atoms with Crippen LogP contribution in [0.1, 0.15) is 6.42 Å². The minimum absolute atomic E-state index is 0.294. The number of esters is 1. The van der Waals surface area contributed by atoms with Crippen LogP contribution in [0.4, 0.5) is 11.4 Å². The van der Waals surface area contributed by atoms with E-state index in [1.807, 2.05) is 18.2 Å². The molecule has 1 aromatic carbocycles. The van der Waals surface area contributed by atoms with Crippen LogP contribution in [0.3, 0.4) is 0 Å². The molecule has 17 heavy (non-hydrogen) atoms. The number of benzene rings is 1. The van der Waals surface area contributed by atoms with Crippen LogP contribution >= 0.6 is 0 Å². The van der Waals surface area contributed by atoms with Crippen LogP contribution in [0.15, 0.2) is 35.5 Å². The molecule has 86 valence electrons. The second-order valence-corrected chi connectivity index (χ2v) is 3.86. The number of carbonyl (C=O) groups is 2. The van der Waals surface area contributed by atoms with Crippen molar-refractivity contribution < 1.29 is 14.3 Å². The maximum Gasteiger partial charge on any atom is 0.336 e. The second kappa shape index (κ2) is 3.62. The van der Waals surface area contributed by atoms with Crippen molar-refractivity contribution in [2.75, 3.05) is 17.2 Å². The molecule has 3 rings (SSSR count). The standard InChI is InChI=1S/C12H10N2O3/c15-11-10(7-5-6-17-12(7)16)13-8-3-1-2-4-9(8)14-11/h1-4,13H,5-6H2,(H,14,15). The maximum absolute atomic E-state index is 11.9. The molecule has 0 unspecified atom stereocenters. The molecule has 5 heteroatoms. The number of anilines is 2. The predicted octanol–water partition coefficient (Wildman–Crippen LogP) is 1.25. The molecule has 0 aromatic heterocycles.